The minimum Gasteiger partial charge on any atom is -0.469 e. The van der Waals surface area contributed by atoms with E-state index in [0.717, 1.165) is 50.5 Å². The molecule has 0 bridgehead atoms. The minimum absolute atomic E-state index is 0.163. The van der Waals surface area contributed by atoms with Crippen LogP contribution in [0.4, 0.5) is 0 Å². The summed E-state index contributed by atoms with van der Waals surface area (Å²) in [4.78, 5) is 11.1. The van der Waals surface area contributed by atoms with Crippen LogP contribution >= 0.6 is 0 Å². The molecule has 0 aliphatic rings. The van der Waals surface area contributed by atoms with Gasteiger partial charge in [0.05, 0.1) is 13.2 Å². The molecule has 0 saturated carbocycles. The van der Waals surface area contributed by atoms with Crippen LogP contribution in [0.25, 0.3) is 0 Å². The molecule has 0 aliphatic carbocycles. The summed E-state index contributed by atoms with van der Waals surface area (Å²) in [6.45, 7) is 0. The van der Waals surface area contributed by atoms with Gasteiger partial charge in [-0.2, -0.15) is 0 Å². The molecule has 0 spiro atoms. The average molecular weight is 354 g/mol. The lowest BCUT2D eigenvalue weighted by molar-refractivity contribution is -0.140. The van der Waals surface area contributed by atoms with Crippen LogP contribution < -0.4 is 0 Å². The minimum atomic E-state index is -0.393. The van der Waals surface area contributed by atoms with Gasteiger partial charge in [-0.1, -0.05) is 67.4 Å². The summed E-state index contributed by atoms with van der Waals surface area (Å²) in [5, 5.41) is 10.3. The van der Waals surface area contributed by atoms with E-state index in [1.54, 1.807) is 0 Å². The zero-order valence-corrected chi connectivity index (χ0v) is 15.7. The van der Waals surface area contributed by atoms with Crippen molar-refractivity contribution in [3.8, 4) is 0 Å². The second kappa shape index (κ2) is 11.5. The molecule has 0 aromatic heterocycles. The Kier molecular flexibility index (Phi) is 8.91. The van der Waals surface area contributed by atoms with Gasteiger partial charge in [0.2, 0.25) is 0 Å². The van der Waals surface area contributed by atoms with E-state index in [0.29, 0.717) is 6.42 Å². The second-order valence-electron chi connectivity index (χ2n) is 6.77. The molecule has 140 valence electrons. The zero-order valence-electron chi connectivity index (χ0n) is 15.7. The third kappa shape index (κ3) is 7.40. The molecular weight excluding hydrogens is 324 g/mol. The van der Waals surface area contributed by atoms with Gasteiger partial charge in [-0.25, -0.2) is 0 Å². The molecule has 1 N–H and O–H groups in total. The number of methoxy groups -OCH3 is 1. The fourth-order valence-electron chi connectivity index (χ4n) is 3.10. The first-order valence-electron chi connectivity index (χ1n) is 9.56. The number of hydrogen-bond donors (Lipinski definition) is 1. The van der Waals surface area contributed by atoms with Crippen molar-refractivity contribution in [2.45, 2.75) is 57.5 Å². The third-order valence-electron chi connectivity index (χ3n) is 4.72. The van der Waals surface area contributed by atoms with Crippen molar-refractivity contribution in [3.63, 3.8) is 0 Å². The van der Waals surface area contributed by atoms with Crippen LogP contribution in [0.5, 0.6) is 0 Å². The number of hydrogen-bond acceptors (Lipinski definition) is 3. The molecule has 3 nitrogen and oxygen atoms in total. The monoisotopic (exact) mass is 354 g/mol. The van der Waals surface area contributed by atoms with E-state index in [2.05, 4.69) is 29.0 Å². The molecule has 0 radical (unpaired) electrons. The van der Waals surface area contributed by atoms with Crippen molar-refractivity contribution in [1.82, 2.24) is 0 Å². The number of unbranched alkanes of at least 4 members (excludes halogenated alkanes) is 2. The van der Waals surface area contributed by atoms with Crippen molar-refractivity contribution in [2.75, 3.05) is 7.11 Å². The summed E-state index contributed by atoms with van der Waals surface area (Å²) in [5.41, 5.74) is 3.55. The van der Waals surface area contributed by atoms with Crippen LogP contribution in [-0.4, -0.2) is 18.2 Å². The lowest BCUT2D eigenvalue weighted by Crippen LogP contribution is -2.01. The maximum absolute atomic E-state index is 11.1. The predicted molar refractivity (Wildman–Crippen MR) is 105 cm³/mol. The molecule has 0 saturated heterocycles. The Hall–Kier alpha value is -2.13. The van der Waals surface area contributed by atoms with E-state index >= 15 is 0 Å². The maximum Gasteiger partial charge on any atom is 0.305 e. The van der Waals surface area contributed by atoms with Crippen LogP contribution in [-0.2, 0) is 22.4 Å². The van der Waals surface area contributed by atoms with E-state index in [9.17, 15) is 9.90 Å². The topological polar surface area (TPSA) is 46.5 Å². The SMILES string of the molecule is COC(=O)CCCc1ccc(C(O)CCCCCc2ccccc2)cc1. The number of carbonyl (C=O) groups is 1. The maximum atomic E-state index is 11.1. The quantitative estimate of drug-likeness (QED) is 0.455. The molecule has 0 amide bonds. The molecule has 1 unspecified atom stereocenters. The number of aliphatic hydroxyl groups excluding tert-OH is 1. The first kappa shape index (κ1) is 20.2. The summed E-state index contributed by atoms with van der Waals surface area (Å²) >= 11 is 0. The van der Waals surface area contributed by atoms with Gasteiger partial charge < -0.3 is 9.84 Å². The van der Waals surface area contributed by atoms with E-state index < -0.39 is 6.10 Å². The fraction of sp³-hybridized carbons (Fsp3) is 0.435. The Morgan fingerprint density at radius 2 is 1.54 bits per heavy atom. The van der Waals surface area contributed by atoms with Crippen molar-refractivity contribution >= 4 is 5.97 Å². The van der Waals surface area contributed by atoms with Gasteiger partial charge in [0.15, 0.2) is 0 Å². The third-order valence-corrected chi connectivity index (χ3v) is 4.72. The van der Waals surface area contributed by atoms with E-state index in [1.165, 1.54) is 18.2 Å². The number of rotatable bonds is 11. The number of aryl methyl sites for hydroxylation is 2. The largest absolute Gasteiger partial charge is 0.469 e. The fourth-order valence-corrected chi connectivity index (χ4v) is 3.10. The molecular formula is C23H30O3. The lowest BCUT2D eigenvalue weighted by atomic mass is 9.99. The van der Waals surface area contributed by atoms with Crippen molar-refractivity contribution in [1.29, 1.82) is 0 Å². The highest BCUT2D eigenvalue weighted by Gasteiger charge is 2.07. The van der Waals surface area contributed by atoms with E-state index in [-0.39, 0.29) is 5.97 Å². The van der Waals surface area contributed by atoms with Crippen LogP contribution in [0.1, 0.15) is 61.3 Å². The molecule has 0 aliphatic heterocycles. The highest BCUT2D eigenvalue weighted by molar-refractivity contribution is 5.69. The van der Waals surface area contributed by atoms with Crippen molar-refractivity contribution in [3.05, 3.63) is 71.3 Å². The van der Waals surface area contributed by atoms with Gasteiger partial charge in [-0.15, -0.1) is 0 Å². The molecule has 0 fully saturated rings. The van der Waals surface area contributed by atoms with Gasteiger partial charge in [-0.3, -0.25) is 4.79 Å². The Balaban J connectivity index is 1.64. The van der Waals surface area contributed by atoms with E-state index in [1.807, 2.05) is 30.3 Å². The van der Waals surface area contributed by atoms with Gasteiger partial charge in [0.25, 0.3) is 0 Å². The number of aliphatic hydroxyl groups is 1. The molecule has 2 aromatic carbocycles. The zero-order chi connectivity index (χ0) is 18.6. The summed E-state index contributed by atoms with van der Waals surface area (Å²) in [6, 6.07) is 18.6. The summed E-state index contributed by atoms with van der Waals surface area (Å²) < 4.78 is 4.65. The molecule has 26 heavy (non-hydrogen) atoms. The van der Waals surface area contributed by atoms with Crippen molar-refractivity contribution < 1.29 is 14.6 Å². The van der Waals surface area contributed by atoms with Crippen LogP contribution in [0.2, 0.25) is 0 Å². The highest BCUT2D eigenvalue weighted by atomic mass is 16.5. The second-order valence-corrected chi connectivity index (χ2v) is 6.77. The van der Waals surface area contributed by atoms with Crippen molar-refractivity contribution in [2.24, 2.45) is 0 Å². The Morgan fingerprint density at radius 1 is 0.885 bits per heavy atom. The average Bonchev–Trinajstić information content (AvgIpc) is 2.68. The standard InChI is InChI=1S/C23H30O3/c1-26-23(25)14-8-12-20-15-17-21(18-16-20)22(24)13-7-3-6-11-19-9-4-2-5-10-19/h2,4-5,9-10,15-18,22,24H,3,6-8,11-14H2,1H3. The van der Waals surface area contributed by atoms with Crippen LogP contribution in [0, 0.1) is 0 Å². The highest BCUT2D eigenvalue weighted by Crippen LogP contribution is 2.21. The molecule has 3 heteroatoms. The number of ether oxygens (including phenoxy) is 1. The predicted octanol–water partition coefficient (Wildman–Crippen LogP) is 5.02. The van der Waals surface area contributed by atoms with E-state index in [4.69, 9.17) is 0 Å². The van der Waals surface area contributed by atoms with Gasteiger partial charge in [-0.05, 0) is 48.8 Å². The van der Waals surface area contributed by atoms with Gasteiger partial charge in [0, 0.05) is 6.42 Å². The Bertz CT molecular complexity index is 634. The van der Waals surface area contributed by atoms with Gasteiger partial charge in [0.1, 0.15) is 0 Å². The lowest BCUT2D eigenvalue weighted by Gasteiger charge is -2.12. The molecule has 0 heterocycles. The first-order chi connectivity index (χ1) is 12.7. The number of esters is 1. The first-order valence-corrected chi connectivity index (χ1v) is 9.56. The summed E-state index contributed by atoms with van der Waals surface area (Å²) in [6.07, 6.45) is 6.94. The summed E-state index contributed by atoms with van der Waals surface area (Å²) in [5.74, 6) is -0.163. The molecule has 2 aromatic rings. The Labute approximate surface area is 157 Å². The normalized spacial score (nSPS) is 11.9. The number of carbonyl (C=O) groups excluding carboxylic acids is 1. The smallest absolute Gasteiger partial charge is 0.305 e. The molecule has 2 rings (SSSR count). The number of benzene rings is 2. The van der Waals surface area contributed by atoms with Crippen LogP contribution in [0.3, 0.4) is 0 Å². The molecule has 1 atom stereocenters. The Morgan fingerprint density at radius 3 is 2.23 bits per heavy atom. The van der Waals surface area contributed by atoms with Crippen LogP contribution in [0.15, 0.2) is 54.6 Å². The van der Waals surface area contributed by atoms with Gasteiger partial charge >= 0.3 is 5.97 Å². The summed E-state index contributed by atoms with van der Waals surface area (Å²) in [7, 11) is 1.42.